The van der Waals surface area contributed by atoms with Crippen LogP contribution in [0.3, 0.4) is 0 Å². The van der Waals surface area contributed by atoms with Gasteiger partial charge in [0.2, 0.25) is 0 Å². The van der Waals surface area contributed by atoms with Gasteiger partial charge in [0.25, 0.3) is 5.91 Å². The number of carbonyl (C=O) groups excluding carboxylic acids is 1. The first-order valence-electron chi connectivity index (χ1n) is 7.69. The molecular formula is C15H20N4O4S. The molecule has 1 aromatic rings. The Morgan fingerprint density at radius 3 is 2.71 bits per heavy atom. The molecule has 0 bridgehead atoms. The van der Waals surface area contributed by atoms with Gasteiger partial charge in [-0.25, -0.2) is 4.79 Å². The van der Waals surface area contributed by atoms with Gasteiger partial charge >= 0.3 is 5.97 Å². The van der Waals surface area contributed by atoms with Gasteiger partial charge in [0.05, 0.1) is 10.3 Å². The zero-order chi connectivity index (χ0) is 17.6. The number of pyridine rings is 1. The van der Waals surface area contributed by atoms with E-state index in [0.29, 0.717) is 25.9 Å². The summed E-state index contributed by atoms with van der Waals surface area (Å²) in [5, 5.41) is 12.2. The molecule has 1 saturated heterocycles. The van der Waals surface area contributed by atoms with Crippen LogP contribution in [-0.4, -0.2) is 57.3 Å². The van der Waals surface area contributed by atoms with Crippen LogP contribution in [0, 0.1) is 4.91 Å². The van der Waals surface area contributed by atoms with Gasteiger partial charge < -0.3 is 15.3 Å². The topological polar surface area (TPSA) is 112 Å². The third-order valence-corrected chi connectivity index (χ3v) is 5.42. The lowest BCUT2D eigenvalue weighted by atomic mass is 9.87. The van der Waals surface area contributed by atoms with Gasteiger partial charge in [-0.1, -0.05) is 6.92 Å². The van der Waals surface area contributed by atoms with Crippen LogP contribution >= 0.6 is 11.9 Å². The van der Waals surface area contributed by atoms with Crippen molar-refractivity contribution in [3.8, 4) is 0 Å². The van der Waals surface area contributed by atoms with E-state index in [4.69, 9.17) is 0 Å². The van der Waals surface area contributed by atoms with E-state index in [9.17, 15) is 19.6 Å². The molecule has 9 heteroatoms. The number of likely N-dealkylation sites (tertiary alicyclic amines) is 1. The molecule has 0 radical (unpaired) electrons. The summed E-state index contributed by atoms with van der Waals surface area (Å²) in [6.07, 6.45) is 3.81. The molecule has 1 amide bonds. The molecule has 1 fully saturated rings. The number of carboxylic acids is 1. The van der Waals surface area contributed by atoms with Crippen molar-refractivity contribution in [1.82, 2.24) is 15.2 Å². The summed E-state index contributed by atoms with van der Waals surface area (Å²) in [5.41, 5.74) is 0.272. The number of amides is 1. The smallest absolute Gasteiger partial charge is 0.327 e. The molecular weight excluding hydrogens is 332 g/mol. The third-order valence-electron chi connectivity index (χ3n) is 4.34. The lowest BCUT2D eigenvalue weighted by Crippen LogP contribution is -2.59. The van der Waals surface area contributed by atoms with Gasteiger partial charge in [-0.3, -0.25) is 9.78 Å². The summed E-state index contributed by atoms with van der Waals surface area (Å²) in [7, 11) is 0. The van der Waals surface area contributed by atoms with Crippen LogP contribution in [0.15, 0.2) is 29.1 Å². The van der Waals surface area contributed by atoms with E-state index in [2.05, 4.69) is 19.8 Å². The zero-order valence-electron chi connectivity index (χ0n) is 13.3. The molecule has 1 atom stereocenters. The molecule has 1 unspecified atom stereocenters. The highest BCUT2D eigenvalue weighted by Crippen LogP contribution is 2.40. The Morgan fingerprint density at radius 1 is 1.50 bits per heavy atom. The second-order valence-corrected chi connectivity index (χ2v) is 6.80. The molecule has 2 heterocycles. The zero-order valence-corrected chi connectivity index (χ0v) is 14.2. The standard InChI is InChI=1S/C15H20N4O4S/c1-2-19-8-5-15(6-9-19,24-18-23)12(14(21)22)17-13(20)11-4-3-7-16-10-11/h3-4,7,10,12H,2,5-6,8-9H2,1H3,(H,17,20)(H,21,22). The van der Waals surface area contributed by atoms with E-state index >= 15 is 0 Å². The SMILES string of the molecule is CCN1CCC(SN=O)(C(NC(=O)c2cccnc2)C(=O)O)CC1. The van der Waals surface area contributed by atoms with Crippen LogP contribution in [-0.2, 0) is 4.79 Å². The second-order valence-electron chi connectivity index (χ2n) is 5.65. The first-order valence-corrected chi connectivity index (χ1v) is 8.46. The predicted octanol–water partition coefficient (Wildman–Crippen LogP) is 1.53. The fourth-order valence-electron chi connectivity index (χ4n) is 2.88. The Kier molecular flexibility index (Phi) is 6.27. The lowest BCUT2D eigenvalue weighted by Gasteiger charge is -2.42. The summed E-state index contributed by atoms with van der Waals surface area (Å²) in [4.78, 5) is 41.0. The van der Waals surface area contributed by atoms with Crippen molar-refractivity contribution in [2.45, 2.75) is 30.6 Å². The number of nitrogens with one attached hydrogen (secondary N) is 1. The Balaban J connectivity index is 2.21. The Labute approximate surface area is 144 Å². The van der Waals surface area contributed by atoms with Gasteiger partial charge in [-0.05, 0) is 44.6 Å². The van der Waals surface area contributed by atoms with E-state index in [0.717, 1.165) is 18.5 Å². The number of nitroso groups, excluding NO2 is 1. The Morgan fingerprint density at radius 2 is 2.21 bits per heavy atom. The van der Waals surface area contributed by atoms with E-state index in [1.807, 2.05) is 6.92 Å². The van der Waals surface area contributed by atoms with Crippen molar-refractivity contribution < 1.29 is 14.7 Å². The first-order chi connectivity index (χ1) is 11.5. The number of piperidine rings is 1. The molecule has 8 nitrogen and oxygen atoms in total. The highest BCUT2D eigenvalue weighted by molar-refractivity contribution is 7.99. The fraction of sp³-hybridized carbons (Fsp3) is 0.533. The normalized spacial score (nSPS) is 18.5. The molecule has 0 aromatic carbocycles. The van der Waals surface area contributed by atoms with Gasteiger partial charge in [0.1, 0.15) is 6.04 Å². The molecule has 130 valence electrons. The van der Waals surface area contributed by atoms with Crippen molar-refractivity contribution in [2.75, 3.05) is 19.6 Å². The monoisotopic (exact) mass is 352 g/mol. The number of carboxylic acid groups (broad SMARTS) is 1. The van der Waals surface area contributed by atoms with Crippen molar-refractivity contribution in [3.05, 3.63) is 35.0 Å². The molecule has 0 aliphatic carbocycles. The number of hydrogen-bond donors (Lipinski definition) is 2. The van der Waals surface area contributed by atoms with Crippen LogP contribution in [0.5, 0.6) is 0 Å². The third kappa shape index (κ3) is 4.09. The maximum atomic E-state index is 12.3. The van der Waals surface area contributed by atoms with E-state index < -0.39 is 22.7 Å². The number of aliphatic carboxylic acids is 1. The maximum absolute atomic E-state index is 12.3. The molecule has 0 saturated carbocycles. The van der Waals surface area contributed by atoms with Gasteiger partial charge in [0, 0.05) is 28.9 Å². The van der Waals surface area contributed by atoms with Crippen molar-refractivity contribution >= 4 is 23.8 Å². The van der Waals surface area contributed by atoms with Crippen molar-refractivity contribution in [2.24, 2.45) is 4.58 Å². The quantitative estimate of drug-likeness (QED) is 0.565. The van der Waals surface area contributed by atoms with E-state index in [1.165, 1.54) is 12.4 Å². The van der Waals surface area contributed by atoms with Gasteiger partial charge in [-0.2, -0.15) is 0 Å². The second kappa shape index (κ2) is 8.20. The average Bonchev–Trinajstić information content (AvgIpc) is 2.60. The predicted molar refractivity (Wildman–Crippen MR) is 90.6 cm³/mol. The number of rotatable bonds is 7. The molecule has 2 N–H and O–H groups in total. The van der Waals surface area contributed by atoms with E-state index in [1.54, 1.807) is 12.1 Å². The van der Waals surface area contributed by atoms with Crippen molar-refractivity contribution in [3.63, 3.8) is 0 Å². The summed E-state index contributed by atoms with van der Waals surface area (Å²) in [6, 6.07) is 1.95. The minimum absolute atomic E-state index is 0.272. The van der Waals surface area contributed by atoms with Crippen LogP contribution in [0.1, 0.15) is 30.1 Å². The average molecular weight is 352 g/mol. The molecule has 1 aliphatic rings. The number of aromatic nitrogens is 1. The van der Waals surface area contributed by atoms with Gasteiger partial charge in [0.15, 0.2) is 0 Å². The fourth-order valence-corrected chi connectivity index (χ4v) is 3.66. The van der Waals surface area contributed by atoms with Crippen LogP contribution in [0.2, 0.25) is 0 Å². The Hall–Kier alpha value is -2.00. The summed E-state index contributed by atoms with van der Waals surface area (Å²) < 4.78 is 1.94. The lowest BCUT2D eigenvalue weighted by molar-refractivity contribution is -0.140. The molecule has 1 aromatic heterocycles. The highest BCUT2D eigenvalue weighted by atomic mass is 32.2. The summed E-state index contributed by atoms with van der Waals surface area (Å²) >= 11 is 0.717. The van der Waals surface area contributed by atoms with Crippen molar-refractivity contribution in [1.29, 1.82) is 0 Å². The van der Waals surface area contributed by atoms with Crippen LogP contribution in [0.4, 0.5) is 0 Å². The van der Waals surface area contributed by atoms with E-state index in [-0.39, 0.29) is 5.56 Å². The number of carbonyl (C=O) groups is 2. The summed E-state index contributed by atoms with van der Waals surface area (Å²) in [6.45, 7) is 4.20. The first kappa shape index (κ1) is 18.3. The Bertz CT molecular complexity index is 590. The summed E-state index contributed by atoms with van der Waals surface area (Å²) in [5.74, 6) is -1.70. The van der Waals surface area contributed by atoms with Crippen LogP contribution < -0.4 is 5.32 Å². The minimum atomic E-state index is -1.20. The molecule has 0 spiro atoms. The molecule has 2 rings (SSSR count). The maximum Gasteiger partial charge on any atom is 0.327 e. The highest BCUT2D eigenvalue weighted by Gasteiger charge is 2.47. The number of hydrogen-bond acceptors (Lipinski definition) is 7. The van der Waals surface area contributed by atoms with Crippen LogP contribution in [0.25, 0.3) is 0 Å². The minimum Gasteiger partial charge on any atom is -0.480 e. The van der Waals surface area contributed by atoms with Gasteiger partial charge in [-0.15, -0.1) is 4.91 Å². The largest absolute Gasteiger partial charge is 0.480 e. The molecule has 1 aliphatic heterocycles. The molecule has 24 heavy (non-hydrogen) atoms. The number of nitrogens with zero attached hydrogens (tertiary/aromatic N) is 3.